The monoisotopic (exact) mass is 366 g/mol. The van der Waals surface area contributed by atoms with E-state index in [2.05, 4.69) is 61.5 Å². The van der Waals surface area contributed by atoms with Crippen LogP contribution in [0.25, 0.3) is 0 Å². The van der Waals surface area contributed by atoms with Crippen molar-refractivity contribution in [1.82, 2.24) is 0 Å². The highest BCUT2D eigenvalue weighted by Crippen LogP contribution is 2.05. The molecule has 2 saturated heterocycles. The molecule has 0 atom stereocenters. The first-order valence-corrected chi connectivity index (χ1v) is 10.9. The lowest BCUT2D eigenvalue weighted by atomic mass is 10.0. The summed E-state index contributed by atoms with van der Waals surface area (Å²) in [6, 6.07) is 20.8. The summed E-state index contributed by atoms with van der Waals surface area (Å²) in [4.78, 5) is 5.45. The quantitative estimate of drug-likeness (QED) is 0.633. The number of nitrogens with one attached hydrogen (secondary N) is 3. The molecule has 2 aromatic rings. The van der Waals surface area contributed by atoms with Gasteiger partial charge < -0.3 is 14.7 Å². The summed E-state index contributed by atoms with van der Waals surface area (Å²) >= 11 is 0. The van der Waals surface area contributed by atoms with Crippen molar-refractivity contribution in [2.75, 3.05) is 39.3 Å². The van der Waals surface area contributed by atoms with Crippen LogP contribution in [0.1, 0.15) is 29.5 Å². The average Bonchev–Trinajstić information content (AvgIpc) is 2.72. The van der Waals surface area contributed by atoms with E-state index < -0.39 is 0 Å². The lowest BCUT2D eigenvalue weighted by Gasteiger charge is -2.37. The van der Waals surface area contributed by atoms with Crippen LogP contribution in [-0.4, -0.2) is 45.3 Å². The van der Waals surface area contributed by atoms with Crippen LogP contribution in [0.5, 0.6) is 0 Å². The number of benzene rings is 2. The van der Waals surface area contributed by atoms with E-state index in [0.29, 0.717) is 0 Å². The van der Waals surface area contributed by atoms with E-state index in [9.17, 15) is 0 Å². The number of aryl methyl sites for hydroxylation is 1. The van der Waals surface area contributed by atoms with E-state index in [1.807, 2.05) is 4.90 Å². The van der Waals surface area contributed by atoms with Crippen molar-refractivity contribution >= 4 is 0 Å². The van der Waals surface area contributed by atoms with Gasteiger partial charge in [0.2, 0.25) is 0 Å². The summed E-state index contributed by atoms with van der Waals surface area (Å²) in [5, 5.41) is 0. The third kappa shape index (κ3) is 4.98. The highest BCUT2D eigenvalue weighted by Gasteiger charge is 2.33. The van der Waals surface area contributed by atoms with Gasteiger partial charge in [-0.25, -0.2) is 0 Å². The summed E-state index contributed by atoms with van der Waals surface area (Å²) in [5.74, 6) is 0. The molecule has 2 heterocycles. The van der Waals surface area contributed by atoms with Gasteiger partial charge in [-0.1, -0.05) is 54.6 Å². The van der Waals surface area contributed by atoms with Crippen molar-refractivity contribution in [2.24, 2.45) is 0 Å². The van der Waals surface area contributed by atoms with Gasteiger partial charge in [0.1, 0.15) is 39.3 Å². The Labute approximate surface area is 164 Å². The Kier molecular flexibility index (Phi) is 6.23. The number of piperazine rings is 1. The first kappa shape index (κ1) is 18.7. The summed E-state index contributed by atoms with van der Waals surface area (Å²) in [7, 11) is 0. The van der Waals surface area contributed by atoms with Crippen molar-refractivity contribution < 1.29 is 14.7 Å². The van der Waals surface area contributed by atoms with Crippen molar-refractivity contribution in [3.05, 3.63) is 71.3 Å². The van der Waals surface area contributed by atoms with Crippen LogP contribution in [0.2, 0.25) is 0 Å². The second-order valence-corrected chi connectivity index (χ2v) is 8.70. The first-order valence-electron chi connectivity index (χ1n) is 10.9. The minimum absolute atomic E-state index is 0.907. The maximum absolute atomic E-state index is 2.31. The molecular formula is C24H36N3+3. The van der Waals surface area contributed by atoms with E-state index >= 15 is 0 Å². The Bertz CT molecular complexity index is 699. The number of likely N-dealkylation sites (tertiary alicyclic amines) is 1. The first-order chi connectivity index (χ1) is 13.3. The second-order valence-electron chi connectivity index (χ2n) is 8.70. The molecule has 0 amide bonds. The van der Waals surface area contributed by atoms with E-state index in [1.54, 1.807) is 9.80 Å². The molecule has 0 saturated carbocycles. The van der Waals surface area contributed by atoms with Crippen LogP contribution in [-0.2, 0) is 13.1 Å². The summed E-state index contributed by atoms with van der Waals surface area (Å²) in [6.07, 6.45) is 2.81. The Morgan fingerprint density at radius 2 is 1.33 bits per heavy atom. The molecule has 2 aliphatic rings. The standard InChI is InChI=1S/C24H33N3/c1-21-7-5-6-10-23(21)20-26-15-17-27(18-16-26)24-11-13-25(14-12-24)19-22-8-3-2-4-9-22/h2-10,24H,11-20H2,1H3/p+3. The zero-order valence-corrected chi connectivity index (χ0v) is 16.8. The fourth-order valence-corrected chi connectivity index (χ4v) is 5.08. The van der Waals surface area contributed by atoms with Crippen LogP contribution >= 0.6 is 0 Å². The molecule has 0 bridgehead atoms. The Morgan fingerprint density at radius 3 is 2.04 bits per heavy atom. The minimum Gasteiger partial charge on any atom is -0.331 e. The third-order valence-electron chi connectivity index (χ3n) is 6.87. The zero-order chi connectivity index (χ0) is 18.5. The topological polar surface area (TPSA) is 13.3 Å². The van der Waals surface area contributed by atoms with Gasteiger partial charge >= 0.3 is 0 Å². The van der Waals surface area contributed by atoms with Crippen molar-refractivity contribution in [3.8, 4) is 0 Å². The smallest absolute Gasteiger partial charge is 0.127 e. The molecule has 0 aliphatic carbocycles. The maximum atomic E-state index is 2.31. The molecule has 0 aromatic heterocycles. The molecule has 27 heavy (non-hydrogen) atoms. The van der Waals surface area contributed by atoms with Gasteiger partial charge in [-0.2, -0.15) is 0 Å². The van der Waals surface area contributed by atoms with Crippen molar-refractivity contribution in [1.29, 1.82) is 0 Å². The fourth-order valence-electron chi connectivity index (χ4n) is 5.08. The summed E-state index contributed by atoms with van der Waals surface area (Å²) in [6.45, 7) is 12.8. The molecule has 3 nitrogen and oxygen atoms in total. The number of piperidine rings is 1. The molecule has 144 valence electrons. The van der Waals surface area contributed by atoms with E-state index in [4.69, 9.17) is 0 Å². The van der Waals surface area contributed by atoms with Crippen LogP contribution in [0.3, 0.4) is 0 Å². The lowest BCUT2D eigenvalue weighted by molar-refractivity contribution is -1.04. The summed E-state index contributed by atoms with van der Waals surface area (Å²) in [5.41, 5.74) is 4.48. The van der Waals surface area contributed by atoms with E-state index in [0.717, 1.165) is 6.04 Å². The van der Waals surface area contributed by atoms with Gasteiger partial charge in [-0.3, -0.25) is 0 Å². The molecule has 3 N–H and O–H groups in total. The fraction of sp³-hybridized carbons (Fsp3) is 0.500. The SMILES string of the molecule is Cc1ccccc1C[NH+]1CC[NH+](C2CC[NH+](Cc3ccccc3)CC2)CC1. The summed E-state index contributed by atoms with van der Waals surface area (Å²) < 4.78 is 0. The number of quaternary nitrogens is 3. The minimum atomic E-state index is 0.907. The lowest BCUT2D eigenvalue weighted by Crippen LogP contribution is -3.30. The predicted octanol–water partition coefficient (Wildman–Crippen LogP) is -0.474. The maximum Gasteiger partial charge on any atom is 0.127 e. The molecule has 3 heteroatoms. The molecule has 2 fully saturated rings. The van der Waals surface area contributed by atoms with E-state index in [-0.39, 0.29) is 0 Å². The molecule has 2 aliphatic heterocycles. The van der Waals surface area contributed by atoms with Gasteiger partial charge in [0.25, 0.3) is 0 Å². The molecular weight excluding hydrogens is 330 g/mol. The number of hydrogen-bond donors (Lipinski definition) is 3. The highest BCUT2D eigenvalue weighted by atomic mass is 15.3. The van der Waals surface area contributed by atoms with Crippen molar-refractivity contribution in [3.63, 3.8) is 0 Å². The zero-order valence-electron chi connectivity index (χ0n) is 16.8. The average molecular weight is 367 g/mol. The van der Waals surface area contributed by atoms with Crippen LogP contribution in [0, 0.1) is 6.92 Å². The number of hydrogen-bond acceptors (Lipinski definition) is 0. The number of rotatable bonds is 5. The normalized spacial score (nSPS) is 28.8. The van der Waals surface area contributed by atoms with Gasteiger partial charge in [-0.05, 0) is 12.5 Å². The van der Waals surface area contributed by atoms with Gasteiger partial charge in [-0.15, -0.1) is 0 Å². The van der Waals surface area contributed by atoms with Gasteiger partial charge in [0.15, 0.2) is 0 Å². The van der Waals surface area contributed by atoms with E-state index in [1.165, 1.54) is 81.9 Å². The van der Waals surface area contributed by atoms with Gasteiger partial charge in [0.05, 0.1) is 19.1 Å². The van der Waals surface area contributed by atoms with Crippen molar-refractivity contribution in [2.45, 2.75) is 38.9 Å². The highest BCUT2D eigenvalue weighted by molar-refractivity contribution is 5.24. The molecule has 0 radical (unpaired) electrons. The largest absolute Gasteiger partial charge is 0.331 e. The van der Waals surface area contributed by atoms with Crippen LogP contribution in [0.4, 0.5) is 0 Å². The Balaban J connectivity index is 1.21. The van der Waals surface area contributed by atoms with Crippen LogP contribution in [0.15, 0.2) is 54.6 Å². The Morgan fingerprint density at radius 1 is 0.704 bits per heavy atom. The van der Waals surface area contributed by atoms with Gasteiger partial charge in [0, 0.05) is 24.0 Å². The third-order valence-corrected chi connectivity index (χ3v) is 6.87. The van der Waals surface area contributed by atoms with Crippen LogP contribution < -0.4 is 14.7 Å². The predicted molar refractivity (Wildman–Crippen MR) is 110 cm³/mol. The Hall–Kier alpha value is -1.68. The molecule has 0 spiro atoms. The molecule has 2 aromatic carbocycles. The second kappa shape index (κ2) is 9.01. The molecule has 0 unspecified atom stereocenters. The molecule has 4 rings (SSSR count).